The molecule has 0 rings (SSSR count). The lowest BCUT2D eigenvalue weighted by Crippen LogP contribution is -2.08. The van der Waals surface area contributed by atoms with Crippen LogP contribution >= 0.6 is 0 Å². The molecule has 0 amide bonds. The predicted molar refractivity (Wildman–Crippen MR) is 52.3 cm³/mol. The molecule has 0 radical (unpaired) electrons. The van der Waals surface area contributed by atoms with Gasteiger partial charge < -0.3 is 0 Å². The van der Waals surface area contributed by atoms with Gasteiger partial charge in [-0.1, -0.05) is 12.2 Å². The van der Waals surface area contributed by atoms with Gasteiger partial charge in [-0.15, -0.1) is 0 Å². The Hall–Kier alpha value is -0.920. The highest BCUT2D eigenvalue weighted by molar-refractivity contribution is 5.28. The summed E-state index contributed by atoms with van der Waals surface area (Å²) in [6.07, 6.45) is 5.71. The third-order valence-electron chi connectivity index (χ3n) is 1.28. The topological polar surface area (TPSA) is 12.4 Å². The van der Waals surface area contributed by atoms with E-state index in [1.807, 2.05) is 13.0 Å². The zero-order valence-corrected chi connectivity index (χ0v) is 7.97. The maximum absolute atomic E-state index is 12.9. The lowest BCUT2D eigenvalue weighted by Gasteiger charge is -2.09. The van der Waals surface area contributed by atoms with Crippen molar-refractivity contribution in [1.29, 1.82) is 0 Å². The second-order valence-corrected chi connectivity index (χ2v) is 3.38. The van der Waals surface area contributed by atoms with Gasteiger partial charge in [-0.2, -0.15) is 0 Å². The van der Waals surface area contributed by atoms with Crippen LogP contribution in [0.4, 0.5) is 4.39 Å². The van der Waals surface area contributed by atoms with Gasteiger partial charge in [0.15, 0.2) is 0 Å². The molecule has 0 aromatic rings. The van der Waals surface area contributed by atoms with Crippen LogP contribution in [-0.4, -0.2) is 12.4 Å². The van der Waals surface area contributed by atoms with Gasteiger partial charge in [-0.3, -0.25) is 4.99 Å². The fourth-order valence-corrected chi connectivity index (χ4v) is 0.712. The molecule has 0 aliphatic heterocycles. The molecule has 0 atom stereocenters. The monoisotopic (exact) mass is 169 g/mol. The van der Waals surface area contributed by atoms with Gasteiger partial charge in [0, 0.05) is 6.20 Å². The Morgan fingerprint density at radius 2 is 2.17 bits per heavy atom. The molecule has 12 heavy (non-hydrogen) atoms. The Labute approximate surface area is 73.7 Å². The van der Waals surface area contributed by atoms with Crippen molar-refractivity contribution in [2.24, 2.45) is 4.99 Å². The minimum absolute atomic E-state index is 0.426. The van der Waals surface area contributed by atoms with E-state index in [0.717, 1.165) is 5.57 Å². The summed E-state index contributed by atoms with van der Waals surface area (Å²) in [6.45, 7) is 8.34. The van der Waals surface area contributed by atoms with E-state index in [2.05, 4.69) is 11.7 Å². The van der Waals surface area contributed by atoms with Crippen LogP contribution in [0, 0.1) is 0 Å². The maximum atomic E-state index is 12.9. The molecule has 0 spiro atoms. The van der Waals surface area contributed by atoms with Crippen molar-refractivity contribution >= 4 is 6.72 Å². The van der Waals surface area contributed by atoms with E-state index in [4.69, 9.17) is 0 Å². The highest BCUT2D eigenvalue weighted by Crippen LogP contribution is 2.14. The zero-order chi connectivity index (χ0) is 9.61. The van der Waals surface area contributed by atoms with Crippen molar-refractivity contribution < 1.29 is 4.39 Å². The smallest absolute Gasteiger partial charge is 0.109 e. The number of rotatable bonds is 4. The maximum Gasteiger partial charge on any atom is 0.109 e. The van der Waals surface area contributed by atoms with Crippen molar-refractivity contribution in [3.05, 3.63) is 23.9 Å². The summed E-state index contributed by atoms with van der Waals surface area (Å²) in [5, 5.41) is 0. The number of allylic oxidation sites excluding steroid dienone is 3. The van der Waals surface area contributed by atoms with E-state index in [9.17, 15) is 4.39 Å². The highest BCUT2D eigenvalue weighted by Gasteiger charge is 2.11. The molecule has 2 heteroatoms. The number of alkyl halides is 1. The lowest BCUT2D eigenvalue weighted by atomic mass is 10.1. The quantitative estimate of drug-likeness (QED) is 0.452. The van der Waals surface area contributed by atoms with Crippen LogP contribution in [0.1, 0.15) is 27.2 Å². The number of hydrogen-bond donors (Lipinski definition) is 0. The Morgan fingerprint density at radius 1 is 1.58 bits per heavy atom. The summed E-state index contributed by atoms with van der Waals surface area (Å²) in [6, 6.07) is 0. The van der Waals surface area contributed by atoms with E-state index in [0.29, 0.717) is 6.42 Å². The molecule has 0 bridgehead atoms. The van der Waals surface area contributed by atoms with Crippen molar-refractivity contribution in [3.63, 3.8) is 0 Å². The third-order valence-corrected chi connectivity index (χ3v) is 1.28. The van der Waals surface area contributed by atoms with Crippen LogP contribution in [0.5, 0.6) is 0 Å². The first-order valence-corrected chi connectivity index (χ1v) is 3.94. The second-order valence-electron chi connectivity index (χ2n) is 3.38. The number of hydrogen-bond acceptors (Lipinski definition) is 1. The summed E-state index contributed by atoms with van der Waals surface area (Å²) in [4.78, 5) is 3.59. The predicted octanol–water partition coefficient (Wildman–Crippen LogP) is 3.29. The lowest BCUT2D eigenvalue weighted by molar-refractivity contribution is 0.221. The first-order chi connectivity index (χ1) is 5.45. The summed E-state index contributed by atoms with van der Waals surface area (Å²) in [5.74, 6) is 0. The molecule has 0 saturated heterocycles. The largest absolute Gasteiger partial charge is 0.272 e. The molecular formula is C10H16FN. The molecule has 0 aromatic heterocycles. The number of aliphatic imine (C=N–C) groups is 1. The van der Waals surface area contributed by atoms with E-state index < -0.39 is 5.67 Å². The fraction of sp³-hybridized carbons (Fsp3) is 0.500. The Balaban J connectivity index is 3.93. The summed E-state index contributed by atoms with van der Waals surface area (Å²) in [7, 11) is 0. The van der Waals surface area contributed by atoms with Crippen LogP contribution in [0.25, 0.3) is 0 Å². The average molecular weight is 169 g/mol. The molecule has 1 nitrogen and oxygen atoms in total. The molecule has 0 aliphatic rings. The van der Waals surface area contributed by atoms with Crippen LogP contribution in [0.2, 0.25) is 0 Å². The summed E-state index contributed by atoms with van der Waals surface area (Å²) in [5.41, 5.74) is -0.146. The van der Waals surface area contributed by atoms with Gasteiger partial charge in [0.05, 0.1) is 0 Å². The molecule has 0 saturated carbocycles. The Bertz CT molecular complexity index is 196. The van der Waals surface area contributed by atoms with Gasteiger partial charge in [0.2, 0.25) is 0 Å². The van der Waals surface area contributed by atoms with Crippen molar-refractivity contribution in [1.82, 2.24) is 0 Å². The van der Waals surface area contributed by atoms with Crippen LogP contribution in [0.3, 0.4) is 0 Å². The van der Waals surface area contributed by atoms with Crippen LogP contribution in [0.15, 0.2) is 28.9 Å². The molecular weight excluding hydrogens is 153 g/mol. The zero-order valence-electron chi connectivity index (χ0n) is 7.97. The van der Waals surface area contributed by atoms with Gasteiger partial charge >= 0.3 is 0 Å². The molecule has 0 aliphatic carbocycles. The van der Waals surface area contributed by atoms with Crippen LogP contribution in [-0.2, 0) is 0 Å². The van der Waals surface area contributed by atoms with E-state index >= 15 is 0 Å². The van der Waals surface area contributed by atoms with Crippen LogP contribution < -0.4 is 0 Å². The standard InChI is InChI=1S/C10H16FN/c1-9(8-12-4)6-5-7-10(2,3)11/h5-6,8H,4,7H2,1-3H3/b6-5-,9-8-. The van der Waals surface area contributed by atoms with Crippen molar-refractivity contribution in [2.75, 3.05) is 0 Å². The van der Waals surface area contributed by atoms with E-state index in [1.54, 1.807) is 26.1 Å². The van der Waals surface area contributed by atoms with Gasteiger partial charge in [-0.25, -0.2) is 4.39 Å². The van der Waals surface area contributed by atoms with E-state index in [1.165, 1.54) is 0 Å². The molecule has 68 valence electrons. The molecule has 0 fully saturated rings. The minimum Gasteiger partial charge on any atom is -0.272 e. The third kappa shape index (κ3) is 7.19. The molecule has 0 unspecified atom stereocenters. The molecule has 0 N–H and O–H groups in total. The first-order valence-electron chi connectivity index (χ1n) is 3.94. The second kappa shape index (κ2) is 4.86. The molecule has 0 aromatic carbocycles. The summed E-state index contributed by atoms with van der Waals surface area (Å²) >= 11 is 0. The minimum atomic E-state index is -1.13. The fourth-order valence-electron chi connectivity index (χ4n) is 0.712. The highest BCUT2D eigenvalue weighted by atomic mass is 19.1. The van der Waals surface area contributed by atoms with Crippen molar-refractivity contribution in [2.45, 2.75) is 32.9 Å². The Kier molecular flexibility index (Phi) is 4.49. The number of nitrogens with zero attached hydrogens (tertiary/aromatic N) is 1. The normalized spacial score (nSPS) is 13.8. The average Bonchev–Trinajstić information content (AvgIpc) is 1.84. The Morgan fingerprint density at radius 3 is 2.58 bits per heavy atom. The van der Waals surface area contributed by atoms with E-state index in [-0.39, 0.29) is 0 Å². The van der Waals surface area contributed by atoms with Gasteiger partial charge in [-0.05, 0) is 39.5 Å². The van der Waals surface area contributed by atoms with Gasteiger partial charge in [0.25, 0.3) is 0 Å². The van der Waals surface area contributed by atoms with Crippen molar-refractivity contribution in [3.8, 4) is 0 Å². The molecule has 0 heterocycles. The first kappa shape index (κ1) is 11.1. The summed E-state index contributed by atoms with van der Waals surface area (Å²) < 4.78 is 12.9. The SMILES string of the molecule is C=N/C=C(C)\C=C/CC(C)(C)F. The number of halogens is 1. The van der Waals surface area contributed by atoms with Gasteiger partial charge in [0.1, 0.15) is 5.67 Å².